The first-order valence-corrected chi connectivity index (χ1v) is 6.80. The predicted octanol–water partition coefficient (Wildman–Crippen LogP) is 4.44. The van der Waals surface area contributed by atoms with E-state index in [4.69, 9.17) is 0 Å². The zero-order valence-electron chi connectivity index (χ0n) is 11.6. The van der Waals surface area contributed by atoms with Crippen molar-refractivity contribution < 1.29 is 0 Å². The largest absolute Gasteiger partial charge is 0.306 e. The summed E-state index contributed by atoms with van der Waals surface area (Å²) in [6, 6.07) is 21.4. The monoisotopic (exact) mass is 251 g/mol. The van der Waals surface area contributed by atoms with Crippen LogP contribution >= 0.6 is 0 Å². The Balaban J connectivity index is 1.98. The first kappa shape index (κ1) is 13.6. The molecule has 1 heteroatoms. The highest BCUT2D eigenvalue weighted by Gasteiger charge is 2.05. The lowest BCUT2D eigenvalue weighted by Gasteiger charge is -2.16. The smallest absolute Gasteiger partial charge is 0.0294 e. The molecule has 0 bridgehead atoms. The van der Waals surface area contributed by atoms with Gasteiger partial charge in [-0.15, -0.1) is 0 Å². The number of hydrogen-bond donors (Lipinski definition) is 1. The fourth-order valence-corrected chi connectivity index (χ4v) is 2.15. The number of hydrogen-bond acceptors (Lipinski definition) is 1. The Morgan fingerprint density at radius 1 is 1.00 bits per heavy atom. The minimum Gasteiger partial charge on any atom is -0.306 e. The van der Waals surface area contributed by atoms with Crippen LogP contribution in [0.5, 0.6) is 0 Å². The molecule has 1 nitrogen and oxygen atoms in total. The molecule has 0 aliphatic heterocycles. The fraction of sp³-hybridized carbons (Fsp3) is 0.222. The van der Waals surface area contributed by atoms with E-state index in [-0.39, 0.29) is 0 Å². The van der Waals surface area contributed by atoms with Crippen LogP contribution in [0.15, 0.2) is 66.7 Å². The van der Waals surface area contributed by atoms with Crippen molar-refractivity contribution in [2.75, 3.05) is 6.54 Å². The molecule has 0 heterocycles. The molecular formula is C18H21N. The zero-order valence-corrected chi connectivity index (χ0v) is 11.6. The third kappa shape index (κ3) is 3.80. The van der Waals surface area contributed by atoms with Gasteiger partial charge in [0.2, 0.25) is 0 Å². The highest BCUT2D eigenvalue weighted by atomic mass is 14.9. The second-order valence-electron chi connectivity index (χ2n) is 4.69. The van der Waals surface area contributed by atoms with E-state index in [1.54, 1.807) is 0 Å². The zero-order chi connectivity index (χ0) is 13.5. The van der Waals surface area contributed by atoms with Crippen LogP contribution in [0.1, 0.15) is 31.0 Å². The van der Waals surface area contributed by atoms with E-state index in [9.17, 15) is 0 Å². The molecule has 0 amide bonds. The molecule has 2 rings (SSSR count). The van der Waals surface area contributed by atoms with Gasteiger partial charge in [-0.2, -0.15) is 0 Å². The highest BCUT2D eigenvalue weighted by molar-refractivity contribution is 5.66. The summed E-state index contributed by atoms with van der Waals surface area (Å²) >= 11 is 0. The maximum absolute atomic E-state index is 3.58. The van der Waals surface area contributed by atoms with Gasteiger partial charge in [0, 0.05) is 12.6 Å². The van der Waals surface area contributed by atoms with Crippen molar-refractivity contribution >= 4 is 5.57 Å². The quantitative estimate of drug-likeness (QED) is 0.828. The van der Waals surface area contributed by atoms with Crippen LogP contribution in [0.2, 0.25) is 0 Å². The lowest BCUT2D eigenvalue weighted by Crippen LogP contribution is -2.20. The summed E-state index contributed by atoms with van der Waals surface area (Å²) < 4.78 is 0. The van der Waals surface area contributed by atoms with Gasteiger partial charge in [-0.25, -0.2) is 0 Å². The van der Waals surface area contributed by atoms with Gasteiger partial charge in [-0.05, 0) is 30.5 Å². The van der Waals surface area contributed by atoms with Crippen molar-refractivity contribution in [3.8, 4) is 0 Å². The van der Waals surface area contributed by atoms with Gasteiger partial charge in [0.1, 0.15) is 0 Å². The van der Waals surface area contributed by atoms with Gasteiger partial charge < -0.3 is 5.32 Å². The number of rotatable bonds is 5. The molecule has 0 aliphatic carbocycles. The highest BCUT2D eigenvalue weighted by Crippen LogP contribution is 2.16. The van der Waals surface area contributed by atoms with Gasteiger partial charge in [0.25, 0.3) is 0 Å². The molecule has 2 aromatic rings. The minimum atomic E-state index is 0.361. The average molecular weight is 251 g/mol. The van der Waals surface area contributed by atoms with Gasteiger partial charge >= 0.3 is 0 Å². The maximum Gasteiger partial charge on any atom is 0.0294 e. The van der Waals surface area contributed by atoms with E-state index in [0.29, 0.717) is 6.04 Å². The molecule has 0 unspecified atom stereocenters. The summed E-state index contributed by atoms with van der Waals surface area (Å²) in [5.74, 6) is 0. The minimum absolute atomic E-state index is 0.361. The van der Waals surface area contributed by atoms with Crippen LogP contribution < -0.4 is 5.32 Å². The standard InChI is InChI=1S/C18H21N/c1-3-16(18-12-8-5-9-13-18)14-19-15(2)17-10-6-4-7-11-17/h3-13,15,19H,14H2,1-2H3/b16-3-/t15-/m1/s1. The Morgan fingerprint density at radius 3 is 2.16 bits per heavy atom. The number of allylic oxidation sites excluding steroid dienone is 1. The Kier molecular flexibility index (Phi) is 4.93. The van der Waals surface area contributed by atoms with E-state index >= 15 is 0 Å². The van der Waals surface area contributed by atoms with Crippen molar-refractivity contribution in [2.45, 2.75) is 19.9 Å². The fourth-order valence-electron chi connectivity index (χ4n) is 2.15. The van der Waals surface area contributed by atoms with E-state index in [1.807, 2.05) is 0 Å². The van der Waals surface area contributed by atoms with Crippen LogP contribution in [0.4, 0.5) is 0 Å². The van der Waals surface area contributed by atoms with Crippen molar-refractivity contribution in [1.29, 1.82) is 0 Å². The van der Waals surface area contributed by atoms with Crippen molar-refractivity contribution in [3.63, 3.8) is 0 Å². The summed E-state index contributed by atoms with van der Waals surface area (Å²) in [6.07, 6.45) is 2.18. The van der Waals surface area contributed by atoms with E-state index < -0.39 is 0 Å². The molecule has 19 heavy (non-hydrogen) atoms. The third-order valence-corrected chi connectivity index (χ3v) is 3.39. The SMILES string of the molecule is C/C=C(/CN[C@H](C)c1ccccc1)c1ccccc1. The molecule has 1 N–H and O–H groups in total. The summed E-state index contributed by atoms with van der Waals surface area (Å²) in [7, 11) is 0. The molecule has 98 valence electrons. The summed E-state index contributed by atoms with van der Waals surface area (Å²) in [5, 5.41) is 3.58. The molecule has 0 saturated carbocycles. The first-order chi connectivity index (χ1) is 9.31. The predicted molar refractivity (Wildman–Crippen MR) is 83.0 cm³/mol. The lowest BCUT2D eigenvalue weighted by molar-refractivity contribution is 0.622. The van der Waals surface area contributed by atoms with Crippen molar-refractivity contribution in [2.24, 2.45) is 0 Å². The van der Waals surface area contributed by atoms with Crippen LogP contribution in [0, 0.1) is 0 Å². The Bertz CT molecular complexity index is 514. The normalized spacial score (nSPS) is 13.3. The molecule has 2 aromatic carbocycles. The van der Waals surface area contributed by atoms with E-state index in [2.05, 4.69) is 85.9 Å². The summed E-state index contributed by atoms with van der Waals surface area (Å²) in [4.78, 5) is 0. The van der Waals surface area contributed by atoms with Crippen LogP contribution in [0.25, 0.3) is 5.57 Å². The van der Waals surface area contributed by atoms with E-state index in [1.165, 1.54) is 16.7 Å². The van der Waals surface area contributed by atoms with Crippen molar-refractivity contribution in [1.82, 2.24) is 5.32 Å². The molecule has 0 saturated heterocycles. The molecule has 0 fully saturated rings. The second-order valence-corrected chi connectivity index (χ2v) is 4.69. The van der Waals surface area contributed by atoms with Gasteiger partial charge in [-0.3, -0.25) is 0 Å². The van der Waals surface area contributed by atoms with Gasteiger partial charge in [-0.1, -0.05) is 66.7 Å². The maximum atomic E-state index is 3.58. The van der Waals surface area contributed by atoms with E-state index in [0.717, 1.165) is 6.54 Å². The molecule has 0 radical (unpaired) electrons. The average Bonchev–Trinajstić information content (AvgIpc) is 2.49. The van der Waals surface area contributed by atoms with Crippen molar-refractivity contribution in [3.05, 3.63) is 77.9 Å². The number of nitrogens with one attached hydrogen (secondary N) is 1. The Hall–Kier alpha value is -1.86. The first-order valence-electron chi connectivity index (χ1n) is 6.80. The topological polar surface area (TPSA) is 12.0 Å². The third-order valence-electron chi connectivity index (χ3n) is 3.39. The number of benzene rings is 2. The summed E-state index contributed by atoms with van der Waals surface area (Å²) in [6.45, 7) is 5.18. The van der Waals surface area contributed by atoms with Crippen LogP contribution in [-0.4, -0.2) is 6.54 Å². The van der Waals surface area contributed by atoms with Crippen LogP contribution in [-0.2, 0) is 0 Å². The Labute approximate surface area is 116 Å². The Morgan fingerprint density at radius 2 is 1.58 bits per heavy atom. The van der Waals surface area contributed by atoms with Gasteiger partial charge in [0.15, 0.2) is 0 Å². The lowest BCUT2D eigenvalue weighted by atomic mass is 10.0. The molecular weight excluding hydrogens is 230 g/mol. The summed E-state index contributed by atoms with van der Waals surface area (Å²) in [5.41, 5.74) is 3.95. The molecule has 0 aromatic heterocycles. The van der Waals surface area contributed by atoms with Crippen LogP contribution in [0.3, 0.4) is 0 Å². The molecule has 1 atom stereocenters. The molecule has 0 aliphatic rings. The van der Waals surface area contributed by atoms with Gasteiger partial charge in [0.05, 0.1) is 0 Å². The second kappa shape index (κ2) is 6.91. The molecule has 0 spiro atoms.